The quantitative estimate of drug-likeness (QED) is 0.629. The van der Waals surface area contributed by atoms with Gasteiger partial charge in [0.15, 0.2) is 11.2 Å². The van der Waals surface area contributed by atoms with Crippen molar-refractivity contribution >= 4 is 17.1 Å². The third-order valence-corrected chi connectivity index (χ3v) is 4.58. The maximum atomic E-state index is 12.2. The van der Waals surface area contributed by atoms with Crippen LogP contribution in [0.25, 0.3) is 11.2 Å². The summed E-state index contributed by atoms with van der Waals surface area (Å²) in [5, 5.41) is 10.3. The highest BCUT2D eigenvalue weighted by atomic mass is 16.2. The Bertz CT molecular complexity index is 942. The van der Waals surface area contributed by atoms with Crippen LogP contribution in [0, 0.1) is 0 Å². The lowest BCUT2D eigenvalue weighted by molar-refractivity contribution is 0.0930. The van der Waals surface area contributed by atoms with Crippen LogP contribution in [0.15, 0.2) is 9.59 Å². The zero-order valence-electron chi connectivity index (χ0n) is 15.1. The number of nitrogens with zero attached hydrogens (tertiary/aromatic N) is 7. The lowest BCUT2D eigenvalue weighted by atomic mass is 10.3. The van der Waals surface area contributed by atoms with E-state index in [2.05, 4.69) is 37.3 Å². The van der Waals surface area contributed by atoms with Crippen LogP contribution in [0.4, 0.5) is 0 Å². The van der Waals surface area contributed by atoms with E-state index in [1.54, 1.807) is 0 Å². The zero-order valence-corrected chi connectivity index (χ0v) is 15.1. The molecule has 1 N–H and O–H groups in total. The summed E-state index contributed by atoms with van der Waals surface area (Å²) >= 11 is 0. The SMILES string of the molecule is CN1CCN(CCNC(=O)c2nnc3c(n2)c(=O)n(C)c(=O)n3C)CC1. The zero-order chi connectivity index (χ0) is 18.8. The van der Waals surface area contributed by atoms with Gasteiger partial charge in [-0.15, -0.1) is 10.2 Å². The average Bonchev–Trinajstić information content (AvgIpc) is 2.65. The molecule has 0 saturated carbocycles. The number of fused-ring (bicyclic) bond motifs is 1. The van der Waals surface area contributed by atoms with E-state index >= 15 is 0 Å². The van der Waals surface area contributed by atoms with Crippen molar-refractivity contribution in [1.82, 2.24) is 39.4 Å². The highest BCUT2D eigenvalue weighted by Crippen LogP contribution is 2.00. The molecule has 26 heavy (non-hydrogen) atoms. The predicted octanol–water partition coefficient (Wildman–Crippen LogP) is -2.60. The second-order valence-electron chi connectivity index (χ2n) is 6.41. The first-order valence-corrected chi connectivity index (χ1v) is 8.38. The van der Waals surface area contributed by atoms with E-state index in [0.717, 1.165) is 37.3 Å². The standard InChI is InChI=1S/C15H22N8O3/c1-20-6-8-23(9-7-20)5-4-16-13(24)11-17-10-12(19-18-11)21(2)15(26)22(3)14(10)25/h4-9H2,1-3H3,(H,16,24). The van der Waals surface area contributed by atoms with Crippen LogP contribution in [-0.2, 0) is 14.1 Å². The lowest BCUT2D eigenvalue weighted by Gasteiger charge is -2.32. The number of amides is 1. The van der Waals surface area contributed by atoms with Crippen LogP contribution < -0.4 is 16.6 Å². The molecule has 2 aromatic rings. The molecule has 0 bridgehead atoms. The Morgan fingerprint density at radius 3 is 2.42 bits per heavy atom. The van der Waals surface area contributed by atoms with Gasteiger partial charge in [-0.3, -0.25) is 23.6 Å². The maximum absolute atomic E-state index is 12.2. The summed E-state index contributed by atoms with van der Waals surface area (Å²) in [6.45, 7) is 5.13. The fraction of sp³-hybridized carbons (Fsp3) is 0.600. The maximum Gasteiger partial charge on any atom is 0.332 e. The summed E-state index contributed by atoms with van der Waals surface area (Å²) in [7, 11) is 4.90. The number of likely N-dealkylation sites (N-methyl/N-ethyl adjacent to an activating group) is 1. The molecule has 0 unspecified atom stereocenters. The van der Waals surface area contributed by atoms with Gasteiger partial charge in [0, 0.05) is 53.4 Å². The van der Waals surface area contributed by atoms with Gasteiger partial charge < -0.3 is 10.2 Å². The Morgan fingerprint density at radius 2 is 1.73 bits per heavy atom. The second-order valence-corrected chi connectivity index (χ2v) is 6.41. The minimum absolute atomic E-state index is 0.0482. The van der Waals surface area contributed by atoms with Crippen molar-refractivity contribution in [3.05, 3.63) is 26.7 Å². The van der Waals surface area contributed by atoms with Gasteiger partial charge in [-0.1, -0.05) is 0 Å². The molecule has 0 radical (unpaired) electrons. The molecular weight excluding hydrogens is 340 g/mol. The van der Waals surface area contributed by atoms with Crippen LogP contribution in [0.2, 0.25) is 0 Å². The molecule has 1 aliphatic heterocycles. The molecule has 0 atom stereocenters. The first-order chi connectivity index (χ1) is 12.4. The highest BCUT2D eigenvalue weighted by Gasteiger charge is 2.17. The first-order valence-electron chi connectivity index (χ1n) is 8.38. The van der Waals surface area contributed by atoms with Crippen molar-refractivity contribution in [3.8, 4) is 0 Å². The summed E-state index contributed by atoms with van der Waals surface area (Å²) in [6, 6.07) is 0. The number of hydrogen-bond donors (Lipinski definition) is 1. The fourth-order valence-corrected chi connectivity index (χ4v) is 2.83. The Labute approximate surface area is 149 Å². The molecular formula is C15H22N8O3. The van der Waals surface area contributed by atoms with Crippen LogP contribution in [0.3, 0.4) is 0 Å². The Balaban J connectivity index is 1.71. The highest BCUT2D eigenvalue weighted by molar-refractivity contribution is 5.91. The van der Waals surface area contributed by atoms with E-state index in [0.29, 0.717) is 6.54 Å². The van der Waals surface area contributed by atoms with Gasteiger partial charge >= 0.3 is 5.69 Å². The van der Waals surface area contributed by atoms with Gasteiger partial charge in [-0.05, 0) is 7.05 Å². The molecule has 140 valence electrons. The van der Waals surface area contributed by atoms with E-state index in [1.807, 2.05) is 0 Å². The number of aromatic nitrogens is 5. The second kappa shape index (κ2) is 7.30. The molecule has 2 aromatic heterocycles. The molecule has 11 nitrogen and oxygen atoms in total. The van der Waals surface area contributed by atoms with Crippen molar-refractivity contribution in [3.63, 3.8) is 0 Å². The fourth-order valence-electron chi connectivity index (χ4n) is 2.83. The van der Waals surface area contributed by atoms with E-state index < -0.39 is 17.2 Å². The van der Waals surface area contributed by atoms with Gasteiger partial charge in [-0.2, -0.15) is 0 Å². The van der Waals surface area contributed by atoms with Crippen molar-refractivity contribution in [1.29, 1.82) is 0 Å². The topological polar surface area (TPSA) is 118 Å². The summed E-state index contributed by atoms with van der Waals surface area (Å²) in [5.74, 6) is -0.684. The largest absolute Gasteiger partial charge is 0.348 e. The number of carbonyl (C=O) groups excluding carboxylic acids is 1. The Kier molecular flexibility index (Phi) is 5.09. The van der Waals surface area contributed by atoms with Crippen LogP contribution in [0.5, 0.6) is 0 Å². The van der Waals surface area contributed by atoms with Gasteiger partial charge in [0.25, 0.3) is 11.5 Å². The van der Waals surface area contributed by atoms with Crippen molar-refractivity contribution < 1.29 is 4.79 Å². The van der Waals surface area contributed by atoms with E-state index in [-0.39, 0.29) is 17.0 Å². The molecule has 0 spiro atoms. The number of carbonyl (C=O) groups is 1. The van der Waals surface area contributed by atoms with Crippen LogP contribution in [-0.4, -0.2) is 86.3 Å². The molecule has 3 rings (SSSR count). The van der Waals surface area contributed by atoms with Crippen LogP contribution in [0.1, 0.15) is 10.6 Å². The van der Waals surface area contributed by atoms with E-state index in [4.69, 9.17) is 0 Å². The van der Waals surface area contributed by atoms with Gasteiger partial charge in [0.05, 0.1) is 0 Å². The number of piperazine rings is 1. The lowest BCUT2D eigenvalue weighted by Crippen LogP contribution is -2.47. The number of aryl methyl sites for hydroxylation is 1. The average molecular weight is 362 g/mol. The smallest absolute Gasteiger partial charge is 0.332 e. The molecule has 1 fully saturated rings. The Morgan fingerprint density at radius 1 is 1.04 bits per heavy atom. The number of rotatable bonds is 4. The third kappa shape index (κ3) is 3.48. The summed E-state index contributed by atoms with van der Waals surface area (Å²) in [4.78, 5) is 44.9. The first kappa shape index (κ1) is 18.1. The van der Waals surface area contributed by atoms with Gasteiger partial charge in [0.2, 0.25) is 5.82 Å². The predicted molar refractivity (Wildman–Crippen MR) is 94.1 cm³/mol. The molecule has 1 amide bonds. The molecule has 0 aliphatic carbocycles. The summed E-state index contributed by atoms with van der Waals surface area (Å²) < 4.78 is 2.10. The monoisotopic (exact) mass is 362 g/mol. The van der Waals surface area contributed by atoms with Gasteiger partial charge in [0.1, 0.15) is 0 Å². The molecule has 1 aliphatic rings. The van der Waals surface area contributed by atoms with E-state index in [9.17, 15) is 14.4 Å². The summed E-state index contributed by atoms with van der Waals surface area (Å²) in [6.07, 6.45) is 0. The Hall–Kier alpha value is -2.66. The van der Waals surface area contributed by atoms with Crippen LogP contribution >= 0.6 is 0 Å². The van der Waals surface area contributed by atoms with Crippen molar-refractivity contribution in [2.24, 2.45) is 14.1 Å². The van der Waals surface area contributed by atoms with Crippen molar-refractivity contribution in [2.75, 3.05) is 46.3 Å². The normalized spacial score (nSPS) is 16.1. The van der Waals surface area contributed by atoms with Gasteiger partial charge in [-0.25, -0.2) is 9.78 Å². The number of hydrogen-bond acceptors (Lipinski definition) is 8. The van der Waals surface area contributed by atoms with Crippen molar-refractivity contribution in [2.45, 2.75) is 0 Å². The molecule has 1 saturated heterocycles. The molecule has 0 aromatic carbocycles. The minimum Gasteiger partial charge on any atom is -0.348 e. The summed E-state index contributed by atoms with van der Waals surface area (Å²) in [5.41, 5.74) is -1.15. The van der Waals surface area contributed by atoms with E-state index in [1.165, 1.54) is 18.7 Å². The molecule has 3 heterocycles. The number of nitrogens with one attached hydrogen (secondary N) is 1. The minimum atomic E-state index is -0.607. The molecule has 11 heteroatoms. The third-order valence-electron chi connectivity index (χ3n) is 4.58.